The largest absolute Gasteiger partial charge is 0.454 e. The molecule has 138 valence electrons. The van der Waals surface area contributed by atoms with Gasteiger partial charge in [0.25, 0.3) is 0 Å². The Labute approximate surface area is 152 Å². The van der Waals surface area contributed by atoms with Crippen LogP contribution in [-0.4, -0.2) is 30.7 Å². The highest BCUT2D eigenvalue weighted by Gasteiger charge is 2.30. The minimum absolute atomic E-state index is 0.0676. The summed E-state index contributed by atoms with van der Waals surface area (Å²) in [6.07, 6.45) is 4.47. The van der Waals surface area contributed by atoms with Crippen LogP contribution in [0.25, 0.3) is 0 Å². The summed E-state index contributed by atoms with van der Waals surface area (Å²) in [6, 6.07) is 8.92. The number of nitrogens with zero attached hydrogens (tertiary/aromatic N) is 2. The maximum atomic E-state index is 12.6. The molecule has 2 aromatic rings. The number of nitrogens with one attached hydrogen (secondary N) is 1. The minimum atomic E-state index is -3.38. The average molecular weight is 375 g/mol. The Bertz CT molecular complexity index is 878. The maximum Gasteiger partial charge on any atom is 0.231 e. The number of benzene rings is 1. The zero-order chi connectivity index (χ0) is 18.0. The van der Waals surface area contributed by atoms with Crippen LogP contribution >= 0.6 is 0 Å². The number of anilines is 1. The number of hydrogen-bond donors (Lipinski definition) is 1. The first-order chi connectivity index (χ1) is 12.6. The molecular weight excluding hydrogens is 354 g/mol. The smallest absolute Gasteiger partial charge is 0.231 e. The zero-order valence-corrected chi connectivity index (χ0v) is 15.2. The Balaban J connectivity index is 1.41. The second kappa shape index (κ2) is 7.11. The number of hydrogen-bond acceptors (Lipinski definition) is 7. The van der Waals surface area contributed by atoms with Crippen LogP contribution in [0.3, 0.4) is 0 Å². The van der Waals surface area contributed by atoms with E-state index in [1.54, 1.807) is 12.1 Å². The van der Waals surface area contributed by atoms with Crippen LogP contribution in [-0.2, 0) is 16.4 Å². The van der Waals surface area contributed by atoms with Crippen LogP contribution in [0, 0.1) is 0 Å². The third-order valence-corrected chi connectivity index (χ3v) is 6.98. The van der Waals surface area contributed by atoms with E-state index in [1.807, 2.05) is 18.2 Å². The summed E-state index contributed by atoms with van der Waals surface area (Å²) >= 11 is 0. The highest BCUT2D eigenvalue weighted by molar-refractivity contribution is 7.92. The molecule has 7 nitrogen and oxygen atoms in total. The Morgan fingerprint density at radius 3 is 2.58 bits per heavy atom. The predicted octanol–water partition coefficient (Wildman–Crippen LogP) is 2.92. The molecule has 4 rings (SSSR count). The summed E-state index contributed by atoms with van der Waals surface area (Å²) in [5.74, 6) is 2.00. The van der Waals surface area contributed by atoms with E-state index in [-0.39, 0.29) is 17.1 Å². The first-order valence-corrected chi connectivity index (χ1v) is 10.4. The van der Waals surface area contributed by atoms with Gasteiger partial charge in [-0.05, 0) is 42.7 Å². The first kappa shape index (κ1) is 17.1. The molecule has 2 heterocycles. The van der Waals surface area contributed by atoms with E-state index in [1.165, 1.54) is 0 Å². The van der Waals surface area contributed by atoms with Crippen LogP contribution in [0.4, 0.5) is 5.82 Å². The number of sulfone groups is 1. The Morgan fingerprint density at radius 1 is 1.00 bits per heavy atom. The molecular formula is C18H21N3O4S. The fraction of sp³-hybridized carbons (Fsp3) is 0.444. The molecule has 0 saturated heterocycles. The van der Waals surface area contributed by atoms with Crippen molar-refractivity contribution in [2.24, 2.45) is 0 Å². The van der Waals surface area contributed by atoms with Crippen LogP contribution in [0.1, 0.15) is 37.7 Å². The lowest BCUT2D eigenvalue weighted by Crippen LogP contribution is -2.25. The van der Waals surface area contributed by atoms with Crippen molar-refractivity contribution in [1.29, 1.82) is 0 Å². The zero-order valence-electron chi connectivity index (χ0n) is 14.3. The third-order valence-electron chi connectivity index (χ3n) is 4.83. The molecule has 1 aliphatic carbocycles. The van der Waals surface area contributed by atoms with Gasteiger partial charge in [0, 0.05) is 6.54 Å². The van der Waals surface area contributed by atoms with Crippen molar-refractivity contribution in [3.63, 3.8) is 0 Å². The van der Waals surface area contributed by atoms with Crippen LogP contribution in [0.15, 0.2) is 35.4 Å². The quantitative estimate of drug-likeness (QED) is 0.859. The lowest BCUT2D eigenvalue weighted by molar-refractivity contribution is 0.174. The second-order valence-corrected chi connectivity index (χ2v) is 8.78. The summed E-state index contributed by atoms with van der Waals surface area (Å²) in [4.78, 5) is 0. The average Bonchev–Trinajstić information content (AvgIpc) is 3.15. The van der Waals surface area contributed by atoms with Gasteiger partial charge in [-0.2, -0.15) is 0 Å². The van der Waals surface area contributed by atoms with E-state index in [9.17, 15) is 8.42 Å². The molecule has 1 saturated carbocycles. The number of fused-ring (bicyclic) bond motifs is 1. The molecule has 0 unspecified atom stereocenters. The highest BCUT2D eigenvalue weighted by Crippen LogP contribution is 2.32. The van der Waals surface area contributed by atoms with Gasteiger partial charge in [-0.15, -0.1) is 10.2 Å². The van der Waals surface area contributed by atoms with Crippen molar-refractivity contribution >= 4 is 15.7 Å². The standard InChI is InChI=1S/C18H21N3O4S/c22-26(23,14-4-2-1-3-5-14)18-9-8-17(20-21-18)19-11-13-6-7-15-16(10-13)25-12-24-15/h6-10,14H,1-5,11-12H2,(H,19,20). The summed E-state index contributed by atoms with van der Waals surface area (Å²) in [5.41, 5.74) is 1.01. The monoisotopic (exact) mass is 375 g/mol. The van der Waals surface area contributed by atoms with Gasteiger partial charge in [-0.1, -0.05) is 25.3 Å². The fourth-order valence-corrected chi connectivity index (χ4v) is 5.06. The molecule has 1 fully saturated rings. The lowest BCUT2D eigenvalue weighted by Gasteiger charge is -2.20. The van der Waals surface area contributed by atoms with E-state index < -0.39 is 9.84 Å². The molecule has 1 N–H and O–H groups in total. The first-order valence-electron chi connectivity index (χ1n) is 8.83. The Kier molecular flexibility index (Phi) is 4.67. The van der Waals surface area contributed by atoms with Crippen LogP contribution < -0.4 is 14.8 Å². The van der Waals surface area contributed by atoms with Crippen molar-refractivity contribution in [1.82, 2.24) is 10.2 Å². The SMILES string of the molecule is O=S(=O)(c1ccc(NCc2ccc3c(c2)OCO3)nn1)C1CCCCC1. The van der Waals surface area contributed by atoms with Gasteiger partial charge >= 0.3 is 0 Å². The van der Waals surface area contributed by atoms with Crippen LogP contribution in [0.5, 0.6) is 11.5 Å². The van der Waals surface area contributed by atoms with Crippen molar-refractivity contribution in [2.45, 2.75) is 48.9 Å². The van der Waals surface area contributed by atoms with E-state index in [2.05, 4.69) is 15.5 Å². The summed E-state index contributed by atoms with van der Waals surface area (Å²) in [7, 11) is -3.38. The maximum absolute atomic E-state index is 12.6. The van der Waals surface area contributed by atoms with Gasteiger partial charge in [-0.3, -0.25) is 0 Å². The molecule has 1 aliphatic heterocycles. The number of ether oxygens (including phenoxy) is 2. The van der Waals surface area contributed by atoms with Gasteiger partial charge in [0.1, 0.15) is 5.82 Å². The number of rotatable bonds is 5. The van der Waals surface area contributed by atoms with Gasteiger partial charge in [0.05, 0.1) is 5.25 Å². The predicted molar refractivity (Wildman–Crippen MR) is 96.0 cm³/mol. The molecule has 1 aromatic heterocycles. The second-order valence-electron chi connectivity index (χ2n) is 6.60. The van der Waals surface area contributed by atoms with Gasteiger partial charge in [0.2, 0.25) is 6.79 Å². The molecule has 0 bridgehead atoms. The minimum Gasteiger partial charge on any atom is -0.454 e. The molecule has 26 heavy (non-hydrogen) atoms. The van der Waals surface area contributed by atoms with Gasteiger partial charge in [0.15, 0.2) is 26.4 Å². The highest BCUT2D eigenvalue weighted by atomic mass is 32.2. The van der Waals surface area contributed by atoms with Crippen molar-refractivity contribution < 1.29 is 17.9 Å². The van der Waals surface area contributed by atoms with Crippen molar-refractivity contribution in [2.75, 3.05) is 12.1 Å². The summed E-state index contributed by atoms with van der Waals surface area (Å²) in [6.45, 7) is 0.772. The Morgan fingerprint density at radius 2 is 1.81 bits per heavy atom. The van der Waals surface area contributed by atoms with Crippen molar-refractivity contribution in [3.05, 3.63) is 35.9 Å². The van der Waals surface area contributed by atoms with E-state index >= 15 is 0 Å². The number of aromatic nitrogens is 2. The van der Waals surface area contributed by atoms with E-state index in [0.29, 0.717) is 25.2 Å². The normalized spacial score (nSPS) is 17.2. The van der Waals surface area contributed by atoms with Gasteiger partial charge in [-0.25, -0.2) is 8.42 Å². The topological polar surface area (TPSA) is 90.4 Å². The molecule has 0 spiro atoms. The molecule has 0 radical (unpaired) electrons. The fourth-order valence-electron chi connectivity index (χ4n) is 3.36. The van der Waals surface area contributed by atoms with Gasteiger partial charge < -0.3 is 14.8 Å². The molecule has 8 heteroatoms. The Hall–Kier alpha value is -2.35. The molecule has 1 aromatic carbocycles. The lowest BCUT2D eigenvalue weighted by atomic mass is 10.0. The van der Waals surface area contributed by atoms with E-state index in [4.69, 9.17) is 9.47 Å². The van der Waals surface area contributed by atoms with Crippen LogP contribution in [0.2, 0.25) is 0 Å². The van der Waals surface area contributed by atoms with Crippen molar-refractivity contribution in [3.8, 4) is 11.5 Å². The van der Waals surface area contributed by atoms with E-state index in [0.717, 1.165) is 36.3 Å². The molecule has 0 amide bonds. The summed E-state index contributed by atoms with van der Waals surface area (Å²) < 4.78 is 35.9. The molecule has 2 aliphatic rings. The summed E-state index contributed by atoms with van der Waals surface area (Å²) in [5, 5.41) is 10.9. The third kappa shape index (κ3) is 3.46. The molecule has 0 atom stereocenters.